The lowest BCUT2D eigenvalue weighted by atomic mass is 10.2. The molecule has 6 nitrogen and oxygen atoms in total. The Bertz CT molecular complexity index is 685. The average molecular weight is 228 g/mol. The fraction of sp³-hybridized carbons (Fsp3) is 0. The van der Waals surface area contributed by atoms with Crippen molar-refractivity contribution >= 4 is 11.6 Å². The van der Waals surface area contributed by atoms with E-state index in [2.05, 4.69) is 15.1 Å². The number of aromatic carboxylic acids is 1. The summed E-state index contributed by atoms with van der Waals surface area (Å²) in [6.45, 7) is 0. The van der Waals surface area contributed by atoms with E-state index in [0.717, 1.165) is 5.56 Å². The van der Waals surface area contributed by atoms with Gasteiger partial charge in [-0.25, -0.2) is 14.3 Å². The van der Waals surface area contributed by atoms with Crippen molar-refractivity contribution in [2.75, 3.05) is 0 Å². The van der Waals surface area contributed by atoms with Gasteiger partial charge in [0.25, 0.3) is 0 Å². The Labute approximate surface area is 95.5 Å². The smallest absolute Gasteiger partial charge is 0.341 e. The highest BCUT2D eigenvalue weighted by molar-refractivity contribution is 5.94. The first-order valence-corrected chi connectivity index (χ1v) is 4.96. The molecule has 3 aromatic heterocycles. The van der Waals surface area contributed by atoms with Crippen molar-refractivity contribution in [2.45, 2.75) is 0 Å². The Morgan fingerprint density at radius 1 is 1.41 bits per heavy atom. The van der Waals surface area contributed by atoms with Crippen LogP contribution in [0.25, 0.3) is 16.9 Å². The maximum atomic E-state index is 11.0. The average Bonchev–Trinajstić information content (AvgIpc) is 2.97. The summed E-state index contributed by atoms with van der Waals surface area (Å²) in [6.07, 6.45) is 6.58. The van der Waals surface area contributed by atoms with Gasteiger partial charge in [-0.1, -0.05) is 0 Å². The predicted octanol–water partition coefficient (Wildman–Crippen LogP) is 1.42. The zero-order valence-corrected chi connectivity index (χ0v) is 8.66. The van der Waals surface area contributed by atoms with Crippen LogP contribution in [0.4, 0.5) is 0 Å². The summed E-state index contributed by atoms with van der Waals surface area (Å²) in [4.78, 5) is 18.2. The number of aromatic nitrogens is 4. The van der Waals surface area contributed by atoms with Crippen molar-refractivity contribution in [3.05, 3.63) is 42.5 Å². The quantitative estimate of drug-likeness (QED) is 0.694. The van der Waals surface area contributed by atoms with Gasteiger partial charge in [0.2, 0.25) is 0 Å². The van der Waals surface area contributed by atoms with Crippen LogP contribution in [0.5, 0.6) is 0 Å². The number of nitrogens with zero attached hydrogens (tertiary/aromatic N) is 3. The first-order valence-electron chi connectivity index (χ1n) is 4.96. The van der Waals surface area contributed by atoms with Crippen LogP contribution in [-0.2, 0) is 0 Å². The Hall–Kier alpha value is -2.63. The van der Waals surface area contributed by atoms with E-state index in [1.807, 2.05) is 6.07 Å². The van der Waals surface area contributed by atoms with Crippen LogP contribution in [0, 0.1) is 0 Å². The minimum atomic E-state index is -1.03. The van der Waals surface area contributed by atoms with Crippen molar-refractivity contribution in [2.24, 2.45) is 0 Å². The predicted molar refractivity (Wildman–Crippen MR) is 59.7 cm³/mol. The highest BCUT2D eigenvalue weighted by Crippen LogP contribution is 2.18. The highest BCUT2D eigenvalue weighted by Gasteiger charge is 2.13. The zero-order valence-electron chi connectivity index (χ0n) is 8.66. The van der Waals surface area contributed by atoms with Crippen molar-refractivity contribution in [1.82, 2.24) is 19.6 Å². The molecule has 3 rings (SSSR count). The number of carbonyl (C=O) groups is 1. The fourth-order valence-electron chi connectivity index (χ4n) is 1.66. The third-order valence-electron chi connectivity index (χ3n) is 2.49. The molecule has 2 N–H and O–H groups in total. The topological polar surface area (TPSA) is 83.3 Å². The van der Waals surface area contributed by atoms with E-state index in [0.29, 0.717) is 11.3 Å². The van der Waals surface area contributed by atoms with Gasteiger partial charge in [-0.05, 0) is 12.1 Å². The molecule has 3 aromatic rings. The van der Waals surface area contributed by atoms with Crippen LogP contribution in [0.1, 0.15) is 10.4 Å². The number of aromatic amines is 1. The second-order valence-corrected chi connectivity index (χ2v) is 3.54. The molecule has 0 unspecified atom stereocenters. The molecule has 84 valence electrons. The van der Waals surface area contributed by atoms with Crippen LogP contribution in [0.3, 0.4) is 0 Å². The molecule has 3 heterocycles. The van der Waals surface area contributed by atoms with Crippen molar-refractivity contribution < 1.29 is 9.90 Å². The van der Waals surface area contributed by atoms with E-state index < -0.39 is 5.97 Å². The molecular formula is C11H8N4O2. The molecule has 0 saturated carbocycles. The van der Waals surface area contributed by atoms with Gasteiger partial charge in [-0.15, -0.1) is 0 Å². The van der Waals surface area contributed by atoms with Gasteiger partial charge in [0.05, 0.1) is 11.9 Å². The van der Waals surface area contributed by atoms with E-state index in [4.69, 9.17) is 5.11 Å². The molecular weight excluding hydrogens is 220 g/mol. The van der Waals surface area contributed by atoms with Gasteiger partial charge >= 0.3 is 5.97 Å². The van der Waals surface area contributed by atoms with Crippen LogP contribution in [-0.4, -0.2) is 30.7 Å². The van der Waals surface area contributed by atoms with Crippen molar-refractivity contribution in [3.63, 3.8) is 0 Å². The molecule has 0 aliphatic heterocycles. The van der Waals surface area contributed by atoms with E-state index in [1.54, 1.807) is 24.7 Å². The molecule has 0 saturated heterocycles. The molecule has 0 radical (unpaired) electrons. The molecule has 0 atom stereocenters. The number of nitrogens with one attached hydrogen (secondary N) is 1. The van der Waals surface area contributed by atoms with Gasteiger partial charge in [-0.3, -0.25) is 0 Å². The third-order valence-corrected chi connectivity index (χ3v) is 2.49. The number of carboxylic acids is 1. The maximum absolute atomic E-state index is 11.0. The summed E-state index contributed by atoms with van der Waals surface area (Å²) in [7, 11) is 0. The lowest BCUT2D eigenvalue weighted by Gasteiger charge is -1.98. The molecule has 0 aliphatic carbocycles. The molecule has 0 amide bonds. The monoisotopic (exact) mass is 228 g/mol. The van der Waals surface area contributed by atoms with Crippen LogP contribution < -0.4 is 0 Å². The summed E-state index contributed by atoms with van der Waals surface area (Å²) in [5, 5.41) is 12.9. The van der Waals surface area contributed by atoms with Gasteiger partial charge in [0.1, 0.15) is 5.56 Å². The van der Waals surface area contributed by atoms with Crippen molar-refractivity contribution in [1.29, 1.82) is 0 Å². The fourth-order valence-corrected chi connectivity index (χ4v) is 1.66. The molecule has 0 spiro atoms. The summed E-state index contributed by atoms with van der Waals surface area (Å²) in [5.41, 5.74) is 2.06. The molecule has 17 heavy (non-hydrogen) atoms. The highest BCUT2D eigenvalue weighted by atomic mass is 16.4. The van der Waals surface area contributed by atoms with E-state index >= 15 is 0 Å². The third kappa shape index (κ3) is 1.46. The second kappa shape index (κ2) is 3.44. The molecule has 0 bridgehead atoms. The summed E-state index contributed by atoms with van der Waals surface area (Å²) in [6, 6.07) is 3.66. The lowest BCUT2D eigenvalue weighted by molar-refractivity contribution is 0.0699. The van der Waals surface area contributed by atoms with Gasteiger partial charge in [0, 0.05) is 24.2 Å². The number of H-pyrrole nitrogens is 1. The number of hydrogen-bond acceptors (Lipinski definition) is 3. The molecule has 0 aliphatic rings. The summed E-state index contributed by atoms with van der Waals surface area (Å²) >= 11 is 0. The number of carboxylic acid groups (broad SMARTS) is 1. The Morgan fingerprint density at radius 3 is 3.00 bits per heavy atom. The Kier molecular flexibility index (Phi) is 1.94. The van der Waals surface area contributed by atoms with E-state index in [-0.39, 0.29) is 5.56 Å². The Balaban J connectivity index is 2.24. The summed E-state index contributed by atoms with van der Waals surface area (Å²) < 4.78 is 1.44. The van der Waals surface area contributed by atoms with E-state index in [1.165, 1.54) is 10.7 Å². The van der Waals surface area contributed by atoms with Crippen LogP contribution in [0.2, 0.25) is 0 Å². The normalized spacial score (nSPS) is 10.8. The number of fused-ring (bicyclic) bond motifs is 1. The number of hydrogen-bond donors (Lipinski definition) is 2. The Morgan fingerprint density at radius 2 is 2.29 bits per heavy atom. The summed E-state index contributed by atoms with van der Waals surface area (Å²) in [5.74, 6) is -1.03. The first-order chi connectivity index (χ1) is 8.25. The van der Waals surface area contributed by atoms with Crippen LogP contribution in [0.15, 0.2) is 36.9 Å². The largest absolute Gasteiger partial charge is 0.477 e. The number of rotatable bonds is 2. The second-order valence-electron chi connectivity index (χ2n) is 3.54. The minimum Gasteiger partial charge on any atom is -0.477 e. The maximum Gasteiger partial charge on any atom is 0.341 e. The van der Waals surface area contributed by atoms with Gasteiger partial charge < -0.3 is 10.1 Å². The molecule has 0 fully saturated rings. The van der Waals surface area contributed by atoms with Crippen molar-refractivity contribution in [3.8, 4) is 11.3 Å². The zero-order chi connectivity index (χ0) is 11.8. The molecule has 0 aromatic carbocycles. The van der Waals surface area contributed by atoms with E-state index in [9.17, 15) is 4.79 Å². The lowest BCUT2D eigenvalue weighted by Crippen LogP contribution is -1.98. The van der Waals surface area contributed by atoms with Gasteiger partial charge in [0.15, 0.2) is 5.65 Å². The van der Waals surface area contributed by atoms with Crippen LogP contribution >= 0.6 is 0 Å². The molecule has 6 heteroatoms. The minimum absolute atomic E-state index is 0.0994. The van der Waals surface area contributed by atoms with Gasteiger partial charge in [-0.2, -0.15) is 5.10 Å². The first kappa shape index (κ1) is 9.59. The standard InChI is InChI=1S/C11H8N4O2/c16-11(17)8-6-13-15-4-2-9(14-10(8)15)7-1-3-12-5-7/h1-6,12H,(H,16,17). The SMILES string of the molecule is O=C(O)c1cnn2ccc(-c3cc[nH]c3)nc12.